The number of carbonyl (C=O) groups is 1. The van der Waals surface area contributed by atoms with Crippen LogP contribution in [0.3, 0.4) is 0 Å². The van der Waals surface area contributed by atoms with E-state index in [1.165, 1.54) is 24.3 Å². The summed E-state index contributed by atoms with van der Waals surface area (Å²) in [6, 6.07) is 9.42. The van der Waals surface area contributed by atoms with Crippen LogP contribution in [-0.4, -0.2) is 68.6 Å². The third-order valence-electron chi connectivity index (χ3n) is 4.71. The van der Waals surface area contributed by atoms with Gasteiger partial charge in [0.1, 0.15) is 6.07 Å². The van der Waals surface area contributed by atoms with Gasteiger partial charge in [0.05, 0.1) is 16.0 Å². The second kappa shape index (κ2) is 8.49. The molecule has 3 rings (SSSR count). The number of amides is 1. The number of sulfonamides is 1. The van der Waals surface area contributed by atoms with E-state index in [9.17, 15) is 34.8 Å². The highest BCUT2D eigenvalue weighted by molar-refractivity contribution is 7.92. The summed E-state index contributed by atoms with van der Waals surface area (Å²) in [5, 5.41) is 7.74. The average molecular weight is 488 g/mol. The van der Waals surface area contributed by atoms with Crippen molar-refractivity contribution in [1.29, 1.82) is 5.26 Å². The summed E-state index contributed by atoms with van der Waals surface area (Å²) in [6.45, 7) is -0.800. The Morgan fingerprint density at radius 3 is 2.22 bits per heavy atom. The van der Waals surface area contributed by atoms with Crippen LogP contribution in [0.5, 0.6) is 0 Å². The van der Waals surface area contributed by atoms with Crippen LogP contribution in [0.4, 0.5) is 13.2 Å². The van der Waals surface area contributed by atoms with E-state index in [1.54, 1.807) is 6.07 Å². The van der Waals surface area contributed by atoms with Crippen molar-refractivity contribution in [2.75, 3.05) is 26.2 Å². The fraction of sp³-hybridized carbons (Fsp3) is 0.278. The third kappa shape index (κ3) is 4.18. The van der Waals surface area contributed by atoms with Crippen LogP contribution >= 0.6 is 0 Å². The van der Waals surface area contributed by atoms with E-state index in [2.05, 4.69) is 4.98 Å². The summed E-state index contributed by atoms with van der Waals surface area (Å²) >= 11 is 0. The Balaban J connectivity index is 1.83. The van der Waals surface area contributed by atoms with Crippen molar-refractivity contribution in [3.05, 3.63) is 53.7 Å². The first kappa shape index (κ1) is 23.6. The Labute approximate surface area is 181 Å². The number of aromatic nitrogens is 1. The molecule has 2 aromatic rings. The lowest BCUT2D eigenvalue weighted by Crippen LogP contribution is -2.50. The fourth-order valence-electron chi connectivity index (χ4n) is 3.10. The zero-order valence-electron chi connectivity index (χ0n) is 16.2. The van der Waals surface area contributed by atoms with Crippen LogP contribution < -0.4 is 0 Å². The minimum Gasteiger partial charge on any atom is -0.336 e. The van der Waals surface area contributed by atoms with Gasteiger partial charge in [0.2, 0.25) is 10.0 Å². The van der Waals surface area contributed by atoms with E-state index in [-0.39, 0.29) is 36.6 Å². The molecule has 0 atom stereocenters. The molecular formula is C18H15F3N4O5S2. The molecule has 0 bridgehead atoms. The van der Waals surface area contributed by atoms with Crippen LogP contribution in [0.15, 0.2) is 52.5 Å². The van der Waals surface area contributed by atoms with Crippen molar-refractivity contribution in [2.24, 2.45) is 0 Å². The normalized spacial score (nSPS) is 15.9. The lowest BCUT2D eigenvalue weighted by molar-refractivity contribution is -0.0438. The van der Waals surface area contributed by atoms with Crippen LogP contribution in [0, 0.1) is 11.3 Å². The molecule has 0 aliphatic carbocycles. The van der Waals surface area contributed by atoms with Gasteiger partial charge in [-0.1, -0.05) is 12.1 Å². The summed E-state index contributed by atoms with van der Waals surface area (Å²) in [5.41, 5.74) is -6.45. The Morgan fingerprint density at radius 2 is 1.62 bits per heavy atom. The Hall–Kier alpha value is -3.02. The molecule has 0 saturated carbocycles. The van der Waals surface area contributed by atoms with E-state index >= 15 is 0 Å². The molecule has 1 aromatic heterocycles. The standard InChI is InChI=1S/C18H15F3N4O5S2/c19-18(20,21)31(27,28)16-14(5-3-7-23-16)17(26)24-8-10-25(11-9-24)32(29,30)15-6-2-1-4-13(15)12-22/h1-7H,8-11H2. The number of hydrogen-bond donors (Lipinski definition) is 0. The maximum Gasteiger partial charge on any atom is 0.503 e. The molecular weight excluding hydrogens is 473 g/mol. The van der Waals surface area contributed by atoms with Gasteiger partial charge in [-0.15, -0.1) is 0 Å². The number of rotatable bonds is 4. The topological polar surface area (TPSA) is 129 Å². The molecule has 14 heteroatoms. The Bertz CT molecular complexity index is 1300. The van der Waals surface area contributed by atoms with Crippen molar-refractivity contribution in [1.82, 2.24) is 14.2 Å². The van der Waals surface area contributed by atoms with Crippen LogP contribution in [0.1, 0.15) is 15.9 Å². The number of pyridine rings is 1. The smallest absolute Gasteiger partial charge is 0.336 e. The molecule has 0 spiro atoms. The zero-order chi connectivity index (χ0) is 23.7. The molecule has 1 amide bonds. The predicted octanol–water partition coefficient (Wildman–Crippen LogP) is 1.39. The van der Waals surface area contributed by atoms with Crippen molar-refractivity contribution >= 4 is 25.8 Å². The molecule has 1 aliphatic heterocycles. The van der Waals surface area contributed by atoms with Crippen molar-refractivity contribution in [2.45, 2.75) is 15.4 Å². The van der Waals surface area contributed by atoms with E-state index in [4.69, 9.17) is 5.26 Å². The number of piperazine rings is 1. The van der Waals surface area contributed by atoms with Crippen molar-refractivity contribution in [3.8, 4) is 6.07 Å². The molecule has 9 nitrogen and oxygen atoms in total. The van der Waals surface area contributed by atoms with Crippen molar-refractivity contribution < 1.29 is 34.8 Å². The van der Waals surface area contributed by atoms with Gasteiger partial charge in [0, 0.05) is 32.4 Å². The highest BCUT2D eigenvalue weighted by atomic mass is 32.2. The number of halogens is 3. The Morgan fingerprint density at radius 1 is 1.00 bits per heavy atom. The number of carbonyl (C=O) groups excluding carboxylic acids is 1. The van der Waals surface area contributed by atoms with Gasteiger partial charge in [0.15, 0.2) is 5.03 Å². The van der Waals surface area contributed by atoms with Crippen molar-refractivity contribution in [3.63, 3.8) is 0 Å². The minimum absolute atomic E-state index is 0.0524. The molecule has 1 aliphatic rings. The number of nitriles is 1. The highest BCUT2D eigenvalue weighted by Gasteiger charge is 2.50. The number of sulfone groups is 1. The largest absolute Gasteiger partial charge is 0.503 e. The first-order valence-corrected chi connectivity index (χ1v) is 11.9. The average Bonchev–Trinajstić information content (AvgIpc) is 2.77. The number of alkyl halides is 3. The third-order valence-corrected chi connectivity index (χ3v) is 8.11. The maximum atomic E-state index is 13.0. The van der Waals surface area contributed by atoms with Gasteiger partial charge >= 0.3 is 5.51 Å². The van der Waals surface area contributed by atoms with Gasteiger partial charge in [-0.05, 0) is 24.3 Å². The molecule has 32 heavy (non-hydrogen) atoms. The van der Waals surface area contributed by atoms with E-state index in [0.717, 1.165) is 27.5 Å². The first-order chi connectivity index (χ1) is 14.9. The summed E-state index contributed by atoms with van der Waals surface area (Å²) in [6.07, 6.45) is 0.826. The number of benzene rings is 1. The minimum atomic E-state index is -5.86. The monoisotopic (exact) mass is 488 g/mol. The van der Waals surface area contributed by atoms with Gasteiger partial charge < -0.3 is 4.90 Å². The summed E-state index contributed by atoms with van der Waals surface area (Å²) in [5.74, 6) is -1.02. The summed E-state index contributed by atoms with van der Waals surface area (Å²) in [7, 11) is -9.92. The maximum absolute atomic E-state index is 13.0. The van der Waals surface area contributed by atoms with E-state index < -0.39 is 41.9 Å². The lowest BCUT2D eigenvalue weighted by Gasteiger charge is -2.34. The van der Waals surface area contributed by atoms with E-state index in [1.807, 2.05) is 0 Å². The predicted molar refractivity (Wildman–Crippen MR) is 103 cm³/mol. The second-order valence-electron chi connectivity index (χ2n) is 6.61. The van der Waals surface area contributed by atoms with E-state index in [0.29, 0.717) is 0 Å². The molecule has 1 aromatic carbocycles. The van der Waals surface area contributed by atoms with Crippen LogP contribution in [0.2, 0.25) is 0 Å². The second-order valence-corrected chi connectivity index (χ2v) is 10.4. The van der Waals surface area contributed by atoms with Gasteiger partial charge in [-0.2, -0.15) is 22.7 Å². The van der Waals surface area contributed by atoms with Gasteiger partial charge in [0.25, 0.3) is 15.7 Å². The lowest BCUT2D eigenvalue weighted by atomic mass is 10.2. The number of hydrogen-bond acceptors (Lipinski definition) is 7. The molecule has 0 N–H and O–H groups in total. The first-order valence-electron chi connectivity index (χ1n) is 8.96. The quantitative estimate of drug-likeness (QED) is 0.636. The van der Waals surface area contributed by atoms with Gasteiger partial charge in [-0.3, -0.25) is 4.79 Å². The van der Waals surface area contributed by atoms with Crippen LogP contribution in [0.25, 0.3) is 0 Å². The molecule has 0 radical (unpaired) electrons. The molecule has 1 fully saturated rings. The molecule has 170 valence electrons. The van der Waals surface area contributed by atoms with Crippen LogP contribution in [-0.2, 0) is 19.9 Å². The SMILES string of the molecule is N#Cc1ccccc1S(=O)(=O)N1CCN(C(=O)c2cccnc2S(=O)(=O)C(F)(F)F)CC1. The summed E-state index contributed by atoms with van der Waals surface area (Å²) in [4.78, 5) is 16.9. The number of nitrogens with zero attached hydrogens (tertiary/aromatic N) is 4. The highest BCUT2D eigenvalue weighted by Crippen LogP contribution is 2.31. The molecule has 1 saturated heterocycles. The zero-order valence-corrected chi connectivity index (χ0v) is 17.8. The molecule has 0 unspecified atom stereocenters. The Kier molecular flexibility index (Phi) is 6.27. The van der Waals surface area contributed by atoms with Gasteiger partial charge in [-0.25, -0.2) is 21.8 Å². The molecule has 2 heterocycles. The fourth-order valence-corrected chi connectivity index (χ4v) is 5.53. The summed E-state index contributed by atoms with van der Waals surface area (Å²) < 4.78 is 89.2.